The molecule has 2 aromatic rings. The van der Waals surface area contributed by atoms with Crippen molar-refractivity contribution in [3.8, 4) is 11.5 Å². The van der Waals surface area contributed by atoms with Crippen LogP contribution in [0.1, 0.15) is 18.6 Å². The zero-order chi connectivity index (χ0) is 12.3. The van der Waals surface area contributed by atoms with Gasteiger partial charge in [-0.1, -0.05) is 12.1 Å². The van der Waals surface area contributed by atoms with Crippen molar-refractivity contribution in [3.63, 3.8) is 0 Å². The Hall–Kier alpha value is -1.39. The van der Waals surface area contributed by atoms with E-state index < -0.39 is 6.10 Å². The van der Waals surface area contributed by atoms with E-state index in [9.17, 15) is 5.11 Å². The fourth-order valence-electron chi connectivity index (χ4n) is 1.40. The second-order valence-corrected chi connectivity index (χ2v) is 4.60. The largest absolute Gasteiger partial charge is 0.456 e. The number of rotatable bonds is 3. The zero-order valence-electron chi connectivity index (χ0n) is 9.30. The van der Waals surface area contributed by atoms with Crippen molar-refractivity contribution >= 4 is 15.9 Å². The number of aromatic nitrogens is 1. The van der Waals surface area contributed by atoms with Gasteiger partial charge >= 0.3 is 0 Å². The minimum Gasteiger partial charge on any atom is -0.456 e. The molecule has 0 fully saturated rings. The van der Waals surface area contributed by atoms with Crippen molar-refractivity contribution in [2.24, 2.45) is 0 Å². The van der Waals surface area contributed by atoms with Crippen LogP contribution in [-0.2, 0) is 0 Å². The number of aliphatic hydroxyl groups excluding tert-OH is 1. The Labute approximate surface area is 108 Å². The summed E-state index contributed by atoms with van der Waals surface area (Å²) in [6.45, 7) is 1.73. The molecule has 1 N–H and O–H groups in total. The Morgan fingerprint density at radius 1 is 1.18 bits per heavy atom. The molecule has 4 heteroatoms. The van der Waals surface area contributed by atoms with Crippen LogP contribution in [0.3, 0.4) is 0 Å². The fraction of sp³-hybridized carbons (Fsp3) is 0.154. The third-order valence-electron chi connectivity index (χ3n) is 2.28. The molecule has 88 valence electrons. The highest BCUT2D eigenvalue weighted by Crippen LogP contribution is 2.24. The van der Waals surface area contributed by atoms with E-state index in [4.69, 9.17) is 4.74 Å². The second-order valence-electron chi connectivity index (χ2n) is 3.69. The summed E-state index contributed by atoms with van der Waals surface area (Å²) < 4.78 is 6.49. The molecular weight excluding hydrogens is 282 g/mol. The molecule has 1 aromatic carbocycles. The number of nitrogens with zero attached hydrogens (tertiary/aromatic N) is 1. The van der Waals surface area contributed by atoms with Crippen LogP contribution in [0, 0.1) is 0 Å². The van der Waals surface area contributed by atoms with E-state index in [2.05, 4.69) is 20.9 Å². The van der Waals surface area contributed by atoms with Gasteiger partial charge in [-0.3, -0.25) is 4.98 Å². The normalized spacial score (nSPS) is 12.2. The van der Waals surface area contributed by atoms with Gasteiger partial charge in [0.2, 0.25) is 0 Å². The zero-order valence-corrected chi connectivity index (χ0v) is 10.9. The van der Waals surface area contributed by atoms with Crippen LogP contribution in [0.4, 0.5) is 0 Å². The first kappa shape index (κ1) is 12.1. The number of hydrogen-bond donors (Lipinski definition) is 1. The van der Waals surface area contributed by atoms with Crippen molar-refractivity contribution in [3.05, 3.63) is 52.8 Å². The molecule has 3 nitrogen and oxygen atoms in total. The lowest BCUT2D eigenvalue weighted by atomic mass is 10.1. The average molecular weight is 294 g/mol. The van der Waals surface area contributed by atoms with Crippen molar-refractivity contribution in [1.82, 2.24) is 4.98 Å². The molecule has 0 saturated heterocycles. The smallest absolute Gasteiger partial charge is 0.146 e. The first-order valence-corrected chi connectivity index (χ1v) is 6.01. The third-order valence-corrected chi connectivity index (χ3v) is 2.71. The van der Waals surface area contributed by atoms with Gasteiger partial charge in [-0.25, -0.2) is 0 Å². The van der Waals surface area contributed by atoms with E-state index in [1.165, 1.54) is 0 Å². The van der Waals surface area contributed by atoms with E-state index in [1.54, 1.807) is 19.3 Å². The molecule has 0 aliphatic carbocycles. The SMILES string of the molecule is CC(O)c1ccc(Oc2cncc(Br)c2)cc1. The number of aliphatic hydroxyl groups is 1. The van der Waals surface area contributed by atoms with Crippen molar-refractivity contribution in [2.45, 2.75) is 13.0 Å². The van der Waals surface area contributed by atoms with E-state index >= 15 is 0 Å². The summed E-state index contributed by atoms with van der Waals surface area (Å²) >= 11 is 3.33. The lowest BCUT2D eigenvalue weighted by molar-refractivity contribution is 0.199. The second kappa shape index (κ2) is 5.29. The lowest BCUT2D eigenvalue weighted by Gasteiger charge is -2.08. The van der Waals surface area contributed by atoms with Crippen LogP contribution in [0.15, 0.2) is 47.2 Å². The molecule has 0 bridgehead atoms. The lowest BCUT2D eigenvalue weighted by Crippen LogP contribution is -1.91. The minimum absolute atomic E-state index is 0.461. The minimum atomic E-state index is -0.461. The summed E-state index contributed by atoms with van der Waals surface area (Å²) in [6, 6.07) is 9.17. The molecule has 1 atom stereocenters. The Kier molecular flexibility index (Phi) is 3.76. The Morgan fingerprint density at radius 2 is 1.88 bits per heavy atom. The topological polar surface area (TPSA) is 42.4 Å². The standard InChI is InChI=1S/C13H12BrNO2/c1-9(16)10-2-4-12(5-3-10)17-13-6-11(14)7-15-8-13/h2-9,16H,1H3. The highest BCUT2D eigenvalue weighted by Gasteiger charge is 2.02. The number of benzene rings is 1. The predicted molar refractivity (Wildman–Crippen MR) is 69.1 cm³/mol. The van der Waals surface area contributed by atoms with Gasteiger partial charge < -0.3 is 9.84 Å². The van der Waals surface area contributed by atoms with Crippen LogP contribution in [-0.4, -0.2) is 10.1 Å². The number of hydrogen-bond acceptors (Lipinski definition) is 3. The van der Waals surface area contributed by atoms with Gasteiger partial charge in [-0.2, -0.15) is 0 Å². The molecule has 1 aromatic heterocycles. The maximum Gasteiger partial charge on any atom is 0.146 e. The van der Waals surface area contributed by atoms with Gasteiger partial charge in [-0.05, 0) is 46.6 Å². The van der Waals surface area contributed by atoms with Crippen LogP contribution >= 0.6 is 15.9 Å². The van der Waals surface area contributed by atoms with E-state index in [-0.39, 0.29) is 0 Å². The first-order chi connectivity index (χ1) is 8.15. The number of pyridine rings is 1. The molecule has 1 unspecified atom stereocenters. The molecule has 1 heterocycles. The Morgan fingerprint density at radius 3 is 2.47 bits per heavy atom. The van der Waals surface area contributed by atoms with E-state index in [0.717, 1.165) is 10.0 Å². The molecule has 0 aliphatic rings. The summed E-state index contributed by atoms with van der Waals surface area (Å²) in [5.74, 6) is 1.39. The summed E-state index contributed by atoms with van der Waals surface area (Å²) in [5.41, 5.74) is 0.865. The van der Waals surface area contributed by atoms with E-state index in [1.807, 2.05) is 30.3 Å². The van der Waals surface area contributed by atoms with Crippen molar-refractivity contribution in [2.75, 3.05) is 0 Å². The maximum absolute atomic E-state index is 9.38. The molecule has 0 spiro atoms. The number of ether oxygens (including phenoxy) is 1. The Bertz CT molecular complexity index is 497. The monoisotopic (exact) mass is 293 g/mol. The predicted octanol–water partition coefficient (Wildman–Crippen LogP) is 3.69. The van der Waals surface area contributed by atoms with Gasteiger partial charge in [-0.15, -0.1) is 0 Å². The van der Waals surface area contributed by atoms with Gasteiger partial charge in [0.05, 0.1) is 12.3 Å². The Balaban J connectivity index is 2.14. The van der Waals surface area contributed by atoms with Crippen LogP contribution < -0.4 is 4.74 Å². The van der Waals surface area contributed by atoms with Crippen molar-refractivity contribution in [1.29, 1.82) is 0 Å². The molecular formula is C13H12BrNO2. The van der Waals surface area contributed by atoms with Gasteiger partial charge in [0, 0.05) is 10.7 Å². The summed E-state index contributed by atoms with van der Waals surface area (Å²) in [7, 11) is 0. The summed E-state index contributed by atoms with van der Waals surface area (Å²) in [4.78, 5) is 4.01. The average Bonchev–Trinajstić information content (AvgIpc) is 2.29. The quantitative estimate of drug-likeness (QED) is 0.938. The first-order valence-electron chi connectivity index (χ1n) is 5.21. The van der Waals surface area contributed by atoms with E-state index in [0.29, 0.717) is 11.5 Å². The fourth-order valence-corrected chi connectivity index (χ4v) is 1.74. The molecule has 0 saturated carbocycles. The highest BCUT2D eigenvalue weighted by atomic mass is 79.9. The van der Waals surface area contributed by atoms with Crippen LogP contribution in [0.2, 0.25) is 0 Å². The van der Waals surface area contributed by atoms with Gasteiger partial charge in [0.1, 0.15) is 11.5 Å². The van der Waals surface area contributed by atoms with Gasteiger partial charge in [0.25, 0.3) is 0 Å². The number of halogens is 1. The molecule has 2 rings (SSSR count). The molecule has 0 aliphatic heterocycles. The third kappa shape index (κ3) is 3.28. The summed E-state index contributed by atoms with van der Waals surface area (Å²) in [6.07, 6.45) is 2.88. The van der Waals surface area contributed by atoms with Crippen LogP contribution in [0.25, 0.3) is 0 Å². The van der Waals surface area contributed by atoms with Crippen molar-refractivity contribution < 1.29 is 9.84 Å². The summed E-state index contributed by atoms with van der Waals surface area (Å²) in [5, 5.41) is 9.38. The highest BCUT2D eigenvalue weighted by molar-refractivity contribution is 9.10. The molecule has 0 amide bonds. The van der Waals surface area contributed by atoms with Crippen LogP contribution in [0.5, 0.6) is 11.5 Å². The molecule has 17 heavy (non-hydrogen) atoms. The maximum atomic E-state index is 9.38. The molecule has 0 radical (unpaired) electrons. The van der Waals surface area contributed by atoms with Gasteiger partial charge in [0.15, 0.2) is 0 Å².